The zero-order valence-corrected chi connectivity index (χ0v) is 13.1. The lowest BCUT2D eigenvalue weighted by Crippen LogP contribution is -2.55. The summed E-state index contributed by atoms with van der Waals surface area (Å²) in [6.45, 7) is 9.28. The van der Waals surface area contributed by atoms with Crippen molar-refractivity contribution in [3.8, 4) is 0 Å². The number of carbonyl (C=O) groups is 1. The molecule has 2 heterocycles. The first-order valence-corrected chi connectivity index (χ1v) is 6.63. The fraction of sp³-hybridized carbons (Fsp3) is 0.917. The SMILES string of the molecule is CCN(CCN1CCOCC1)C(=O)C1CCN1.Cl.Cl. The van der Waals surface area contributed by atoms with Crippen LogP contribution in [0, 0.1) is 0 Å². The lowest BCUT2D eigenvalue weighted by molar-refractivity contribution is -0.135. The maximum absolute atomic E-state index is 12.0. The molecular formula is C12H25Cl2N3O2. The molecule has 0 spiro atoms. The van der Waals surface area contributed by atoms with Crippen molar-refractivity contribution in [3.63, 3.8) is 0 Å². The maximum Gasteiger partial charge on any atom is 0.239 e. The summed E-state index contributed by atoms with van der Waals surface area (Å²) in [5, 5.41) is 3.17. The van der Waals surface area contributed by atoms with Gasteiger partial charge in [-0.05, 0) is 19.9 Å². The number of likely N-dealkylation sites (N-methyl/N-ethyl adjacent to an activating group) is 1. The minimum absolute atomic E-state index is 0. The Hall–Kier alpha value is -0.0700. The quantitative estimate of drug-likeness (QED) is 0.796. The van der Waals surface area contributed by atoms with Gasteiger partial charge in [-0.15, -0.1) is 24.8 Å². The van der Waals surface area contributed by atoms with Crippen LogP contribution in [0.25, 0.3) is 0 Å². The summed E-state index contributed by atoms with van der Waals surface area (Å²) in [6.07, 6.45) is 0.993. The first-order valence-electron chi connectivity index (χ1n) is 6.63. The van der Waals surface area contributed by atoms with Crippen molar-refractivity contribution in [3.05, 3.63) is 0 Å². The van der Waals surface area contributed by atoms with Gasteiger partial charge in [0.2, 0.25) is 5.91 Å². The van der Waals surface area contributed by atoms with E-state index in [0.29, 0.717) is 0 Å². The molecule has 0 radical (unpaired) electrons. The highest BCUT2D eigenvalue weighted by molar-refractivity contribution is 5.85. The fourth-order valence-corrected chi connectivity index (χ4v) is 2.23. The second kappa shape index (κ2) is 9.77. The van der Waals surface area contributed by atoms with Gasteiger partial charge < -0.3 is 15.0 Å². The summed E-state index contributed by atoms with van der Waals surface area (Å²) in [5.74, 6) is 0.270. The first kappa shape index (κ1) is 18.9. The zero-order valence-electron chi connectivity index (χ0n) is 11.5. The van der Waals surface area contributed by atoms with Crippen LogP contribution in [0.5, 0.6) is 0 Å². The summed E-state index contributed by atoms with van der Waals surface area (Å²) in [6, 6.07) is 0.0830. The third kappa shape index (κ3) is 5.44. The largest absolute Gasteiger partial charge is 0.379 e. The minimum Gasteiger partial charge on any atom is -0.379 e. The number of nitrogens with zero attached hydrogens (tertiary/aromatic N) is 2. The van der Waals surface area contributed by atoms with Gasteiger partial charge in [0.25, 0.3) is 0 Å². The maximum atomic E-state index is 12.0. The Balaban J connectivity index is 0.00000162. The molecule has 0 saturated carbocycles. The summed E-state index contributed by atoms with van der Waals surface area (Å²) in [4.78, 5) is 16.4. The van der Waals surface area contributed by atoms with E-state index in [-0.39, 0.29) is 36.8 Å². The van der Waals surface area contributed by atoms with Crippen LogP contribution in [-0.2, 0) is 9.53 Å². The third-order valence-electron chi connectivity index (χ3n) is 3.61. The van der Waals surface area contributed by atoms with Crippen LogP contribution in [0.15, 0.2) is 0 Å². The van der Waals surface area contributed by atoms with E-state index in [2.05, 4.69) is 17.1 Å². The molecule has 0 bridgehead atoms. The average Bonchev–Trinajstić information content (AvgIpc) is 2.29. The van der Waals surface area contributed by atoms with E-state index in [4.69, 9.17) is 4.74 Å². The average molecular weight is 314 g/mol. The first-order chi connectivity index (χ1) is 8.31. The number of morpholine rings is 1. The molecular weight excluding hydrogens is 289 g/mol. The molecule has 2 saturated heterocycles. The topological polar surface area (TPSA) is 44.8 Å². The number of amides is 1. The van der Waals surface area contributed by atoms with E-state index in [1.165, 1.54) is 0 Å². The van der Waals surface area contributed by atoms with Gasteiger partial charge in [0.05, 0.1) is 19.3 Å². The lowest BCUT2D eigenvalue weighted by Gasteiger charge is -2.34. The second-order valence-corrected chi connectivity index (χ2v) is 4.67. The van der Waals surface area contributed by atoms with Crippen LogP contribution >= 0.6 is 24.8 Å². The Labute approximate surface area is 127 Å². The van der Waals surface area contributed by atoms with Crippen molar-refractivity contribution in [2.24, 2.45) is 0 Å². The Morgan fingerprint density at radius 3 is 2.47 bits per heavy atom. The molecule has 114 valence electrons. The molecule has 7 heteroatoms. The van der Waals surface area contributed by atoms with Crippen LogP contribution < -0.4 is 5.32 Å². The van der Waals surface area contributed by atoms with Gasteiger partial charge in [-0.2, -0.15) is 0 Å². The molecule has 1 atom stereocenters. The predicted molar refractivity (Wildman–Crippen MR) is 80.4 cm³/mol. The van der Waals surface area contributed by atoms with E-state index in [9.17, 15) is 4.79 Å². The summed E-state index contributed by atoms with van der Waals surface area (Å²) >= 11 is 0. The lowest BCUT2D eigenvalue weighted by atomic mass is 10.1. The summed E-state index contributed by atoms with van der Waals surface area (Å²) in [5.41, 5.74) is 0. The fourth-order valence-electron chi connectivity index (χ4n) is 2.23. The second-order valence-electron chi connectivity index (χ2n) is 4.67. The Bertz CT molecular complexity index is 259. The van der Waals surface area contributed by atoms with E-state index in [1.54, 1.807) is 0 Å². The van der Waals surface area contributed by atoms with Gasteiger partial charge in [0, 0.05) is 32.7 Å². The van der Waals surface area contributed by atoms with Crippen LogP contribution in [0.2, 0.25) is 0 Å². The van der Waals surface area contributed by atoms with Crippen LogP contribution in [0.3, 0.4) is 0 Å². The number of hydrogen-bond donors (Lipinski definition) is 1. The van der Waals surface area contributed by atoms with Crippen molar-refractivity contribution < 1.29 is 9.53 Å². The van der Waals surface area contributed by atoms with Crippen molar-refractivity contribution in [2.75, 3.05) is 52.5 Å². The number of hydrogen-bond acceptors (Lipinski definition) is 4. The molecule has 1 amide bonds. The monoisotopic (exact) mass is 313 g/mol. The number of carbonyl (C=O) groups excluding carboxylic acids is 1. The van der Waals surface area contributed by atoms with Crippen molar-refractivity contribution in [1.82, 2.24) is 15.1 Å². The number of halogens is 2. The van der Waals surface area contributed by atoms with Gasteiger partial charge in [0.15, 0.2) is 0 Å². The highest BCUT2D eigenvalue weighted by Crippen LogP contribution is 2.07. The predicted octanol–water partition coefficient (Wildman–Crippen LogP) is 0.373. The van der Waals surface area contributed by atoms with Crippen LogP contribution in [0.4, 0.5) is 0 Å². The van der Waals surface area contributed by atoms with E-state index in [0.717, 1.165) is 58.9 Å². The Morgan fingerprint density at radius 1 is 1.37 bits per heavy atom. The van der Waals surface area contributed by atoms with E-state index in [1.807, 2.05) is 4.90 Å². The molecule has 2 aliphatic rings. The molecule has 5 nitrogen and oxygen atoms in total. The Kier molecular flexibility index (Phi) is 9.74. The molecule has 0 aromatic rings. The molecule has 1 unspecified atom stereocenters. The van der Waals surface area contributed by atoms with E-state index < -0.39 is 0 Å². The zero-order chi connectivity index (χ0) is 12.1. The smallest absolute Gasteiger partial charge is 0.239 e. The highest BCUT2D eigenvalue weighted by Gasteiger charge is 2.28. The molecule has 2 aliphatic heterocycles. The third-order valence-corrected chi connectivity index (χ3v) is 3.61. The summed E-state index contributed by atoms with van der Waals surface area (Å²) < 4.78 is 5.31. The molecule has 2 fully saturated rings. The molecule has 2 rings (SSSR count). The number of ether oxygens (including phenoxy) is 1. The summed E-state index contributed by atoms with van der Waals surface area (Å²) in [7, 11) is 0. The van der Waals surface area contributed by atoms with Crippen molar-refractivity contribution in [2.45, 2.75) is 19.4 Å². The Morgan fingerprint density at radius 2 is 2.00 bits per heavy atom. The molecule has 1 N–H and O–H groups in total. The van der Waals surface area contributed by atoms with Gasteiger partial charge in [-0.3, -0.25) is 9.69 Å². The molecule has 0 aliphatic carbocycles. The van der Waals surface area contributed by atoms with Gasteiger partial charge >= 0.3 is 0 Å². The molecule has 19 heavy (non-hydrogen) atoms. The standard InChI is InChI=1S/C12H23N3O2.2ClH/c1-2-15(12(16)11-3-4-13-11)6-5-14-7-9-17-10-8-14;;/h11,13H,2-10H2,1H3;2*1H. The van der Waals surface area contributed by atoms with Gasteiger partial charge in [-0.25, -0.2) is 0 Å². The minimum atomic E-state index is 0. The van der Waals surface area contributed by atoms with E-state index >= 15 is 0 Å². The van der Waals surface area contributed by atoms with Crippen LogP contribution in [-0.4, -0.2) is 74.2 Å². The highest BCUT2D eigenvalue weighted by atomic mass is 35.5. The van der Waals surface area contributed by atoms with Crippen molar-refractivity contribution >= 4 is 30.7 Å². The molecule has 0 aromatic carbocycles. The number of rotatable bonds is 5. The van der Waals surface area contributed by atoms with Crippen LogP contribution in [0.1, 0.15) is 13.3 Å². The number of nitrogens with one attached hydrogen (secondary N) is 1. The molecule has 0 aromatic heterocycles. The van der Waals surface area contributed by atoms with Gasteiger partial charge in [-0.1, -0.05) is 0 Å². The van der Waals surface area contributed by atoms with Gasteiger partial charge in [0.1, 0.15) is 0 Å². The normalized spacial score (nSPS) is 22.7. The van der Waals surface area contributed by atoms with Crippen molar-refractivity contribution in [1.29, 1.82) is 0 Å².